The Labute approximate surface area is 149 Å². The molecule has 0 bridgehead atoms. The number of carbonyl (C=O) groups is 2. The summed E-state index contributed by atoms with van der Waals surface area (Å²) in [6.07, 6.45) is 4.13. The molecule has 2 aromatic rings. The predicted octanol–water partition coefficient (Wildman–Crippen LogP) is 2.36. The lowest BCUT2D eigenvalue weighted by atomic mass is 10.1. The Kier molecular flexibility index (Phi) is 6.30. The van der Waals surface area contributed by atoms with Gasteiger partial charge in [0.2, 0.25) is 11.8 Å². The molecule has 2 rings (SSSR count). The van der Waals surface area contributed by atoms with E-state index in [1.165, 1.54) is 16.9 Å². The topological polar surface area (TPSA) is 76.0 Å². The minimum Gasteiger partial charge on any atom is -0.350 e. The van der Waals surface area contributed by atoms with E-state index in [-0.39, 0.29) is 24.9 Å². The lowest BCUT2D eigenvalue weighted by molar-refractivity contribution is -0.124. The van der Waals surface area contributed by atoms with Crippen LogP contribution in [0.15, 0.2) is 43.2 Å². The van der Waals surface area contributed by atoms with E-state index in [0.717, 1.165) is 6.08 Å². The SMILES string of the molecule is C=CC(=O)NCc1ccc(CNC(=O)C(C)n2cc(Cl)cn2)c(F)c1. The lowest BCUT2D eigenvalue weighted by Gasteiger charge is -2.13. The minimum atomic E-state index is -0.566. The Morgan fingerprint density at radius 1 is 1.40 bits per heavy atom. The monoisotopic (exact) mass is 364 g/mol. The molecular weight excluding hydrogens is 347 g/mol. The second-order valence-electron chi connectivity index (χ2n) is 5.38. The van der Waals surface area contributed by atoms with E-state index < -0.39 is 11.9 Å². The molecule has 132 valence electrons. The largest absolute Gasteiger partial charge is 0.350 e. The van der Waals surface area contributed by atoms with Crippen LogP contribution in [-0.4, -0.2) is 21.6 Å². The fourth-order valence-electron chi connectivity index (χ4n) is 2.08. The van der Waals surface area contributed by atoms with E-state index in [9.17, 15) is 14.0 Å². The van der Waals surface area contributed by atoms with E-state index in [0.29, 0.717) is 16.1 Å². The minimum absolute atomic E-state index is 0.0449. The molecule has 1 aromatic carbocycles. The molecule has 0 saturated heterocycles. The first-order valence-corrected chi connectivity index (χ1v) is 7.93. The zero-order valence-corrected chi connectivity index (χ0v) is 14.4. The molecule has 6 nitrogen and oxygen atoms in total. The number of nitrogens with one attached hydrogen (secondary N) is 2. The maximum absolute atomic E-state index is 14.1. The van der Waals surface area contributed by atoms with Crippen molar-refractivity contribution in [2.75, 3.05) is 0 Å². The quantitative estimate of drug-likeness (QED) is 0.740. The number of benzene rings is 1. The van der Waals surface area contributed by atoms with Gasteiger partial charge in [-0.2, -0.15) is 5.10 Å². The maximum atomic E-state index is 14.1. The highest BCUT2D eigenvalue weighted by Crippen LogP contribution is 2.13. The van der Waals surface area contributed by atoms with E-state index in [1.807, 2.05) is 0 Å². The Morgan fingerprint density at radius 3 is 2.76 bits per heavy atom. The Bertz CT molecular complexity index is 791. The number of halogens is 2. The van der Waals surface area contributed by atoms with Crippen molar-refractivity contribution in [3.8, 4) is 0 Å². The van der Waals surface area contributed by atoms with Gasteiger partial charge in [0, 0.05) is 24.8 Å². The van der Waals surface area contributed by atoms with Crippen molar-refractivity contribution in [1.82, 2.24) is 20.4 Å². The molecule has 0 radical (unpaired) electrons. The highest BCUT2D eigenvalue weighted by molar-refractivity contribution is 6.30. The van der Waals surface area contributed by atoms with Crippen LogP contribution in [0.3, 0.4) is 0 Å². The third-order valence-corrected chi connectivity index (χ3v) is 3.76. The molecule has 1 aromatic heterocycles. The van der Waals surface area contributed by atoms with Gasteiger partial charge >= 0.3 is 0 Å². The van der Waals surface area contributed by atoms with Gasteiger partial charge < -0.3 is 10.6 Å². The summed E-state index contributed by atoms with van der Waals surface area (Å²) >= 11 is 5.78. The zero-order chi connectivity index (χ0) is 18.4. The second kappa shape index (κ2) is 8.43. The van der Waals surface area contributed by atoms with Crippen molar-refractivity contribution in [3.63, 3.8) is 0 Å². The molecule has 2 N–H and O–H groups in total. The predicted molar refractivity (Wildman–Crippen MR) is 92.2 cm³/mol. The highest BCUT2D eigenvalue weighted by Gasteiger charge is 2.16. The van der Waals surface area contributed by atoms with Gasteiger partial charge in [0.05, 0.1) is 11.2 Å². The van der Waals surface area contributed by atoms with Crippen molar-refractivity contribution in [2.24, 2.45) is 0 Å². The Morgan fingerprint density at radius 2 is 2.16 bits per heavy atom. The molecule has 0 saturated carbocycles. The molecule has 0 aliphatic heterocycles. The van der Waals surface area contributed by atoms with E-state index in [4.69, 9.17) is 11.6 Å². The van der Waals surface area contributed by atoms with Crippen molar-refractivity contribution in [3.05, 3.63) is 65.2 Å². The summed E-state index contributed by atoms with van der Waals surface area (Å²) < 4.78 is 15.5. The second-order valence-corrected chi connectivity index (χ2v) is 5.82. The molecule has 0 spiro atoms. The summed E-state index contributed by atoms with van der Waals surface area (Å²) in [4.78, 5) is 23.2. The van der Waals surface area contributed by atoms with Crippen LogP contribution in [0, 0.1) is 5.82 Å². The first kappa shape index (κ1) is 18.7. The van der Waals surface area contributed by atoms with Crippen LogP contribution in [-0.2, 0) is 22.7 Å². The number of rotatable bonds is 7. The van der Waals surface area contributed by atoms with Gasteiger partial charge in [-0.1, -0.05) is 30.3 Å². The molecule has 1 heterocycles. The average molecular weight is 365 g/mol. The summed E-state index contributed by atoms with van der Waals surface area (Å²) in [5.74, 6) is -1.09. The number of aromatic nitrogens is 2. The summed E-state index contributed by atoms with van der Waals surface area (Å²) in [5, 5.41) is 9.63. The van der Waals surface area contributed by atoms with Crippen molar-refractivity contribution < 1.29 is 14.0 Å². The zero-order valence-electron chi connectivity index (χ0n) is 13.6. The van der Waals surface area contributed by atoms with Gasteiger partial charge in [-0.15, -0.1) is 0 Å². The number of nitrogens with zero attached hydrogens (tertiary/aromatic N) is 2. The normalized spacial score (nSPS) is 11.6. The summed E-state index contributed by atoms with van der Waals surface area (Å²) in [5.41, 5.74) is 0.958. The fourth-order valence-corrected chi connectivity index (χ4v) is 2.23. The van der Waals surface area contributed by atoms with Crippen LogP contribution in [0.4, 0.5) is 4.39 Å². The smallest absolute Gasteiger partial charge is 0.244 e. The molecule has 1 atom stereocenters. The number of carbonyl (C=O) groups excluding carboxylic acids is 2. The van der Waals surface area contributed by atoms with Crippen molar-refractivity contribution in [1.29, 1.82) is 0 Å². The van der Waals surface area contributed by atoms with Gasteiger partial charge in [-0.25, -0.2) is 4.39 Å². The van der Waals surface area contributed by atoms with Crippen LogP contribution >= 0.6 is 11.6 Å². The fraction of sp³-hybridized carbons (Fsp3) is 0.235. The number of hydrogen-bond acceptors (Lipinski definition) is 3. The standard InChI is InChI=1S/C17H18ClFN4O2/c1-3-16(24)20-7-12-4-5-13(15(19)6-12)8-21-17(25)11(2)23-10-14(18)9-22-23/h3-6,9-11H,1,7-8H2,2H3,(H,20,24)(H,21,25). The van der Waals surface area contributed by atoms with Crippen molar-refractivity contribution in [2.45, 2.75) is 26.1 Å². The molecule has 1 unspecified atom stereocenters. The summed E-state index contributed by atoms with van der Waals surface area (Å²) in [6.45, 7) is 5.25. The molecule has 0 aliphatic rings. The Hall–Kier alpha value is -2.67. The van der Waals surface area contributed by atoms with Crippen LogP contribution in [0.25, 0.3) is 0 Å². The first-order chi connectivity index (χ1) is 11.9. The summed E-state index contributed by atoms with van der Waals surface area (Å²) in [6, 6.07) is 4.01. The highest BCUT2D eigenvalue weighted by atomic mass is 35.5. The summed E-state index contributed by atoms with van der Waals surface area (Å²) in [7, 11) is 0. The lowest BCUT2D eigenvalue weighted by Crippen LogP contribution is -2.31. The van der Waals surface area contributed by atoms with Gasteiger partial charge in [0.25, 0.3) is 0 Å². The van der Waals surface area contributed by atoms with Crippen LogP contribution in [0.2, 0.25) is 5.02 Å². The molecule has 0 aliphatic carbocycles. The number of amides is 2. The average Bonchev–Trinajstić information content (AvgIpc) is 3.04. The van der Waals surface area contributed by atoms with Crippen LogP contribution in [0.1, 0.15) is 24.1 Å². The van der Waals surface area contributed by atoms with E-state index in [1.54, 1.807) is 25.3 Å². The van der Waals surface area contributed by atoms with Gasteiger partial charge in [-0.05, 0) is 24.6 Å². The molecule has 2 amide bonds. The number of hydrogen-bond donors (Lipinski definition) is 2. The molecule has 0 fully saturated rings. The van der Waals surface area contributed by atoms with Gasteiger partial charge in [0.15, 0.2) is 0 Å². The van der Waals surface area contributed by atoms with E-state index >= 15 is 0 Å². The maximum Gasteiger partial charge on any atom is 0.244 e. The first-order valence-electron chi connectivity index (χ1n) is 7.55. The van der Waals surface area contributed by atoms with Crippen molar-refractivity contribution >= 4 is 23.4 Å². The van der Waals surface area contributed by atoms with Gasteiger partial charge in [0.1, 0.15) is 11.9 Å². The molecular formula is C17H18ClFN4O2. The third-order valence-electron chi connectivity index (χ3n) is 3.57. The molecule has 8 heteroatoms. The Balaban J connectivity index is 1.92. The van der Waals surface area contributed by atoms with E-state index in [2.05, 4.69) is 22.3 Å². The van der Waals surface area contributed by atoms with Crippen LogP contribution < -0.4 is 10.6 Å². The van der Waals surface area contributed by atoms with Crippen LogP contribution in [0.5, 0.6) is 0 Å². The molecule has 25 heavy (non-hydrogen) atoms. The third kappa shape index (κ3) is 5.15. The van der Waals surface area contributed by atoms with Gasteiger partial charge in [-0.3, -0.25) is 14.3 Å².